The molecule has 2 aliphatic rings. The molecular formula is C22H24N4OS. The predicted molar refractivity (Wildman–Crippen MR) is 113 cm³/mol. The molecule has 0 saturated carbocycles. The van der Waals surface area contributed by atoms with E-state index in [0.29, 0.717) is 6.42 Å². The molecule has 0 bridgehead atoms. The number of rotatable bonds is 3. The zero-order valence-electron chi connectivity index (χ0n) is 15.9. The van der Waals surface area contributed by atoms with Crippen molar-refractivity contribution in [2.45, 2.75) is 32.1 Å². The predicted octanol–water partition coefficient (Wildman–Crippen LogP) is 3.46. The number of aryl methyl sites for hydroxylation is 2. The minimum Gasteiger partial charge on any atom is -0.344 e. The molecule has 1 fully saturated rings. The summed E-state index contributed by atoms with van der Waals surface area (Å²) in [5, 5.41) is 1.01. The number of carbonyl (C=O) groups is 1. The number of pyridine rings is 1. The SMILES string of the molecule is O=C(Cc1ccc2c(c1)CCCC2)N1CCN(c2nc3cccnc3s2)CC1. The maximum absolute atomic E-state index is 12.8. The van der Waals surface area contributed by atoms with Gasteiger partial charge in [-0.05, 0) is 54.5 Å². The van der Waals surface area contributed by atoms with Crippen molar-refractivity contribution in [2.24, 2.45) is 0 Å². The highest BCUT2D eigenvalue weighted by molar-refractivity contribution is 7.21. The number of thiazole rings is 1. The van der Waals surface area contributed by atoms with Gasteiger partial charge in [-0.3, -0.25) is 4.79 Å². The third-order valence-corrected chi connectivity index (χ3v) is 6.87. The van der Waals surface area contributed by atoms with E-state index in [1.165, 1.54) is 30.4 Å². The first kappa shape index (κ1) is 17.6. The highest BCUT2D eigenvalue weighted by atomic mass is 32.1. The number of aromatic nitrogens is 2. The highest BCUT2D eigenvalue weighted by Crippen LogP contribution is 2.28. The van der Waals surface area contributed by atoms with Crippen LogP contribution in [-0.2, 0) is 24.1 Å². The fraction of sp³-hybridized carbons (Fsp3) is 0.409. The van der Waals surface area contributed by atoms with Gasteiger partial charge in [0, 0.05) is 32.4 Å². The average molecular weight is 393 g/mol. The van der Waals surface area contributed by atoms with Crippen molar-refractivity contribution in [3.8, 4) is 0 Å². The minimum absolute atomic E-state index is 0.237. The summed E-state index contributed by atoms with van der Waals surface area (Å²) in [6.07, 6.45) is 7.23. The van der Waals surface area contributed by atoms with Crippen LogP contribution in [0.25, 0.3) is 10.3 Å². The Morgan fingerprint density at radius 2 is 1.86 bits per heavy atom. The number of hydrogen-bond donors (Lipinski definition) is 0. The van der Waals surface area contributed by atoms with Crippen LogP contribution in [0.1, 0.15) is 29.5 Å². The van der Waals surface area contributed by atoms with Crippen LogP contribution in [-0.4, -0.2) is 47.0 Å². The van der Waals surface area contributed by atoms with E-state index in [2.05, 4.69) is 28.1 Å². The lowest BCUT2D eigenvalue weighted by Crippen LogP contribution is -2.49. The van der Waals surface area contributed by atoms with Crippen molar-refractivity contribution >= 4 is 32.7 Å². The molecule has 2 aromatic heterocycles. The smallest absolute Gasteiger partial charge is 0.227 e. The summed E-state index contributed by atoms with van der Waals surface area (Å²) in [5.74, 6) is 0.237. The molecule has 0 N–H and O–H groups in total. The molecule has 5 rings (SSSR count). The standard InChI is InChI=1S/C22H24N4OS/c27-20(15-16-7-8-17-4-1-2-5-18(17)14-16)25-10-12-26(13-11-25)22-24-19-6-3-9-23-21(19)28-22/h3,6-9,14H,1-2,4-5,10-13,15H2. The number of amides is 1. The van der Waals surface area contributed by atoms with Gasteiger partial charge in [0.15, 0.2) is 5.13 Å². The topological polar surface area (TPSA) is 49.3 Å². The molecule has 1 amide bonds. The Hall–Kier alpha value is -2.47. The quantitative estimate of drug-likeness (QED) is 0.685. The van der Waals surface area contributed by atoms with Crippen molar-refractivity contribution in [2.75, 3.05) is 31.1 Å². The fourth-order valence-electron chi connectivity index (χ4n) is 4.22. The lowest BCUT2D eigenvalue weighted by molar-refractivity contribution is -0.130. The molecule has 1 aliphatic carbocycles. The second-order valence-electron chi connectivity index (χ2n) is 7.68. The minimum atomic E-state index is 0.237. The second-order valence-corrected chi connectivity index (χ2v) is 8.63. The van der Waals surface area contributed by atoms with Crippen molar-refractivity contribution in [1.82, 2.24) is 14.9 Å². The van der Waals surface area contributed by atoms with Gasteiger partial charge in [-0.1, -0.05) is 29.5 Å². The molecule has 0 spiro atoms. The van der Waals surface area contributed by atoms with Crippen molar-refractivity contribution < 1.29 is 4.79 Å². The van der Waals surface area contributed by atoms with E-state index in [-0.39, 0.29) is 5.91 Å². The molecule has 0 radical (unpaired) electrons. The van der Waals surface area contributed by atoms with Crippen molar-refractivity contribution in [3.63, 3.8) is 0 Å². The number of nitrogens with zero attached hydrogens (tertiary/aromatic N) is 4. The monoisotopic (exact) mass is 392 g/mol. The van der Waals surface area contributed by atoms with Crippen LogP contribution in [0.3, 0.4) is 0 Å². The fourth-order valence-corrected chi connectivity index (χ4v) is 5.18. The molecule has 144 valence electrons. The summed E-state index contributed by atoms with van der Waals surface area (Å²) in [6.45, 7) is 3.17. The van der Waals surface area contributed by atoms with Gasteiger partial charge < -0.3 is 9.80 Å². The number of hydrogen-bond acceptors (Lipinski definition) is 5. The summed E-state index contributed by atoms with van der Waals surface area (Å²) in [6, 6.07) is 10.6. The van der Waals surface area contributed by atoms with Gasteiger partial charge >= 0.3 is 0 Å². The maximum Gasteiger partial charge on any atom is 0.227 e. The van der Waals surface area contributed by atoms with E-state index in [0.717, 1.165) is 53.6 Å². The summed E-state index contributed by atoms with van der Waals surface area (Å²) < 4.78 is 0. The number of fused-ring (bicyclic) bond motifs is 2. The second kappa shape index (κ2) is 7.51. The van der Waals surface area contributed by atoms with E-state index in [1.54, 1.807) is 11.3 Å². The highest BCUT2D eigenvalue weighted by Gasteiger charge is 2.23. The average Bonchev–Trinajstić information content (AvgIpc) is 3.18. The van der Waals surface area contributed by atoms with Gasteiger partial charge in [-0.15, -0.1) is 0 Å². The normalized spacial score (nSPS) is 17.0. The number of carbonyl (C=O) groups excluding carboxylic acids is 1. The molecule has 3 heterocycles. The molecule has 0 atom stereocenters. The summed E-state index contributed by atoms with van der Waals surface area (Å²) in [7, 11) is 0. The van der Waals surface area contributed by atoms with E-state index >= 15 is 0 Å². The van der Waals surface area contributed by atoms with Crippen LogP contribution in [0.5, 0.6) is 0 Å². The largest absolute Gasteiger partial charge is 0.344 e. The first-order valence-electron chi connectivity index (χ1n) is 10.1. The van der Waals surface area contributed by atoms with Gasteiger partial charge in [-0.2, -0.15) is 0 Å². The Bertz CT molecular complexity index is 974. The van der Waals surface area contributed by atoms with E-state index in [9.17, 15) is 4.79 Å². The van der Waals surface area contributed by atoms with Gasteiger partial charge in [-0.25, -0.2) is 9.97 Å². The van der Waals surface area contributed by atoms with E-state index in [1.807, 2.05) is 23.2 Å². The molecule has 5 nitrogen and oxygen atoms in total. The van der Waals surface area contributed by atoms with Crippen LogP contribution in [0.2, 0.25) is 0 Å². The van der Waals surface area contributed by atoms with Gasteiger partial charge in [0.2, 0.25) is 5.91 Å². The zero-order chi connectivity index (χ0) is 18.9. The van der Waals surface area contributed by atoms with E-state index in [4.69, 9.17) is 4.98 Å². The lowest BCUT2D eigenvalue weighted by atomic mass is 9.90. The summed E-state index contributed by atoms with van der Waals surface area (Å²) in [4.78, 5) is 27.1. The Morgan fingerprint density at radius 1 is 1.04 bits per heavy atom. The Balaban J connectivity index is 1.21. The molecule has 1 aromatic carbocycles. The van der Waals surface area contributed by atoms with Crippen LogP contribution in [0, 0.1) is 0 Å². The lowest BCUT2D eigenvalue weighted by Gasteiger charge is -2.34. The summed E-state index contributed by atoms with van der Waals surface area (Å²) in [5.41, 5.74) is 5.03. The molecule has 3 aromatic rings. The van der Waals surface area contributed by atoms with Gasteiger partial charge in [0.25, 0.3) is 0 Å². The molecule has 0 unspecified atom stereocenters. The van der Waals surface area contributed by atoms with Crippen LogP contribution < -0.4 is 4.90 Å². The van der Waals surface area contributed by atoms with Crippen molar-refractivity contribution in [3.05, 3.63) is 53.2 Å². The third-order valence-electron chi connectivity index (χ3n) is 5.83. The van der Waals surface area contributed by atoms with Crippen LogP contribution in [0.15, 0.2) is 36.5 Å². The van der Waals surface area contributed by atoms with Gasteiger partial charge in [0.05, 0.1) is 6.42 Å². The van der Waals surface area contributed by atoms with Gasteiger partial charge in [0.1, 0.15) is 10.3 Å². The molecule has 6 heteroatoms. The molecular weight excluding hydrogens is 368 g/mol. The Morgan fingerprint density at radius 3 is 2.68 bits per heavy atom. The van der Waals surface area contributed by atoms with Crippen LogP contribution in [0.4, 0.5) is 5.13 Å². The Labute approximate surface area is 169 Å². The molecule has 28 heavy (non-hydrogen) atoms. The van der Waals surface area contributed by atoms with E-state index < -0.39 is 0 Å². The number of benzene rings is 1. The molecule has 1 aliphatic heterocycles. The zero-order valence-corrected chi connectivity index (χ0v) is 16.7. The number of piperazine rings is 1. The first-order chi connectivity index (χ1) is 13.8. The molecule has 1 saturated heterocycles. The number of anilines is 1. The maximum atomic E-state index is 12.8. The third kappa shape index (κ3) is 3.49. The van der Waals surface area contributed by atoms with Crippen LogP contribution >= 0.6 is 11.3 Å². The van der Waals surface area contributed by atoms with Crippen molar-refractivity contribution in [1.29, 1.82) is 0 Å². The summed E-state index contributed by atoms with van der Waals surface area (Å²) >= 11 is 1.63. The Kier molecular flexibility index (Phi) is 4.72. The first-order valence-corrected chi connectivity index (χ1v) is 10.9.